The Morgan fingerprint density at radius 3 is 2.18 bits per heavy atom. The molecule has 0 bridgehead atoms. The van der Waals surface area contributed by atoms with Gasteiger partial charge in [-0.15, -0.1) is 0 Å². The first-order chi connectivity index (χ1) is 21.1. The third-order valence-corrected chi connectivity index (χ3v) is 9.09. The highest BCUT2D eigenvalue weighted by Gasteiger charge is 2.36. The van der Waals surface area contributed by atoms with Crippen LogP contribution in [0.5, 0.6) is 0 Å². The fraction of sp³-hybridized carbons (Fsp3) is 0.235. The van der Waals surface area contributed by atoms with E-state index in [1.54, 1.807) is 18.5 Å². The van der Waals surface area contributed by atoms with Gasteiger partial charge >= 0.3 is 0 Å². The molecule has 3 N–H and O–H groups in total. The fourth-order valence-corrected chi connectivity index (χ4v) is 6.60. The van der Waals surface area contributed by atoms with Crippen molar-refractivity contribution in [2.24, 2.45) is 0 Å². The molecule has 0 aliphatic rings. The predicted octanol–water partition coefficient (Wildman–Crippen LogP) is 7.38. The van der Waals surface area contributed by atoms with Crippen LogP contribution >= 0.6 is 23.1 Å². The Kier molecular flexibility index (Phi) is 9.73. The minimum Gasteiger partial charge on any atom is -0.349 e. The van der Waals surface area contributed by atoms with Crippen molar-refractivity contribution in [2.75, 3.05) is 18.4 Å². The van der Waals surface area contributed by atoms with E-state index in [9.17, 15) is 4.79 Å². The van der Waals surface area contributed by atoms with Crippen LogP contribution in [0, 0.1) is 12.7 Å². The number of carbonyl (C=O) groups is 1. The lowest BCUT2D eigenvalue weighted by Gasteiger charge is -2.38. The van der Waals surface area contributed by atoms with Crippen LogP contribution < -0.4 is 16.0 Å². The summed E-state index contributed by atoms with van der Waals surface area (Å²) in [5, 5.41) is 10.5. The quantitative estimate of drug-likeness (QED) is 0.141. The number of aromatic nitrogens is 3. The van der Waals surface area contributed by atoms with Gasteiger partial charge in [0.1, 0.15) is 5.82 Å². The van der Waals surface area contributed by atoms with Crippen LogP contribution in [-0.2, 0) is 5.41 Å². The van der Waals surface area contributed by atoms with Gasteiger partial charge in [-0.05, 0) is 62.6 Å². The minimum atomic E-state index is -0.670. The molecule has 0 atom stereocenters. The maximum Gasteiger partial charge on any atom is 0.273 e. The average Bonchev–Trinajstić information content (AvgIpc) is 3.45. The molecule has 0 radical (unpaired) electrons. The standard InChI is InChI=1S/C34H35FN6OS2/c1-23-15-17-36-27(19-23)41-32-38-20-28(44-32)43-26-16-18-37-30(29(26)35)31(42)39-21-34(22-40-33(2,3)4,24-11-7-5-8-12-24)25-13-9-6-10-14-25/h5-20,40H,21-22H2,1-4H3,(H,39,42)(H,36,38,41). The van der Waals surface area contributed by atoms with E-state index in [0.717, 1.165) is 20.9 Å². The zero-order valence-electron chi connectivity index (χ0n) is 25.1. The van der Waals surface area contributed by atoms with Crippen LogP contribution in [0.25, 0.3) is 0 Å². The fourth-order valence-electron chi connectivity index (χ4n) is 4.73. The van der Waals surface area contributed by atoms with Gasteiger partial charge in [0.2, 0.25) is 0 Å². The van der Waals surface area contributed by atoms with E-state index in [0.29, 0.717) is 22.4 Å². The van der Waals surface area contributed by atoms with Crippen molar-refractivity contribution in [1.82, 2.24) is 25.6 Å². The van der Waals surface area contributed by atoms with Crippen LogP contribution in [0.15, 0.2) is 107 Å². The third kappa shape index (κ3) is 7.68. The van der Waals surface area contributed by atoms with Gasteiger partial charge in [0, 0.05) is 31.0 Å². The molecule has 7 nitrogen and oxygen atoms in total. The molecule has 3 heterocycles. The summed E-state index contributed by atoms with van der Waals surface area (Å²) in [6.07, 6.45) is 4.86. The number of amides is 1. The van der Waals surface area contributed by atoms with Gasteiger partial charge in [0.25, 0.3) is 5.91 Å². The molecule has 0 fully saturated rings. The van der Waals surface area contributed by atoms with Gasteiger partial charge in [-0.25, -0.2) is 19.3 Å². The number of pyridine rings is 2. The Morgan fingerprint density at radius 1 is 0.886 bits per heavy atom. The number of nitrogens with one attached hydrogen (secondary N) is 3. The molecule has 5 rings (SSSR count). The van der Waals surface area contributed by atoms with E-state index in [-0.39, 0.29) is 17.8 Å². The first-order valence-corrected chi connectivity index (χ1v) is 15.9. The van der Waals surface area contributed by atoms with Gasteiger partial charge in [0.15, 0.2) is 16.6 Å². The third-order valence-electron chi connectivity index (χ3n) is 7.04. The molecular weight excluding hydrogens is 592 g/mol. The first kappa shape index (κ1) is 31.3. The van der Waals surface area contributed by atoms with Gasteiger partial charge in [-0.2, -0.15) is 0 Å². The second-order valence-corrected chi connectivity index (χ2v) is 13.9. The monoisotopic (exact) mass is 626 g/mol. The molecular formula is C34H35FN6OS2. The highest BCUT2D eigenvalue weighted by Crippen LogP contribution is 2.37. The van der Waals surface area contributed by atoms with Crippen molar-refractivity contribution in [1.29, 1.82) is 0 Å². The lowest BCUT2D eigenvalue weighted by Crippen LogP contribution is -2.52. The topological polar surface area (TPSA) is 91.8 Å². The molecule has 44 heavy (non-hydrogen) atoms. The first-order valence-electron chi connectivity index (χ1n) is 14.3. The SMILES string of the molecule is Cc1ccnc(Nc2ncc(Sc3ccnc(C(=O)NCC(CNC(C)(C)C)(c4ccccc4)c4ccccc4)c3F)s2)c1. The van der Waals surface area contributed by atoms with E-state index in [4.69, 9.17) is 0 Å². The van der Waals surface area contributed by atoms with Crippen LogP contribution in [0.3, 0.4) is 0 Å². The molecule has 0 spiro atoms. The second kappa shape index (κ2) is 13.7. The van der Waals surface area contributed by atoms with Gasteiger partial charge in [-0.1, -0.05) is 83.8 Å². The highest BCUT2D eigenvalue weighted by atomic mass is 32.2. The van der Waals surface area contributed by atoms with Crippen molar-refractivity contribution in [2.45, 2.75) is 47.8 Å². The Bertz CT molecular complexity index is 1670. The number of hydrogen-bond donors (Lipinski definition) is 3. The maximum atomic E-state index is 15.8. The van der Waals surface area contributed by atoms with Crippen LogP contribution in [0.2, 0.25) is 0 Å². The summed E-state index contributed by atoms with van der Waals surface area (Å²) >= 11 is 2.57. The lowest BCUT2D eigenvalue weighted by atomic mass is 9.73. The summed E-state index contributed by atoms with van der Waals surface area (Å²) in [6.45, 7) is 9.10. The van der Waals surface area contributed by atoms with Crippen molar-refractivity contribution in [3.05, 3.63) is 126 Å². The van der Waals surface area contributed by atoms with Gasteiger partial charge < -0.3 is 16.0 Å². The average molecular weight is 627 g/mol. The molecule has 10 heteroatoms. The molecule has 5 aromatic rings. The number of nitrogens with zero attached hydrogens (tertiary/aromatic N) is 3. The number of carbonyl (C=O) groups excluding carboxylic acids is 1. The van der Waals surface area contributed by atoms with E-state index < -0.39 is 17.1 Å². The van der Waals surface area contributed by atoms with Crippen molar-refractivity contribution >= 4 is 40.0 Å². The maximum absolute atomic E-state index is 15.8. The number of hydrogen-bond acceptors (Lipinski definition) is 8. The van der Waals surface area contributed by atoms with Gasteiger partial charge in [0.05, 0.1) is 20.7 Å². The molecule has 0 aliphatic heterocycles. The number of aryl methyl sites for hydroxylation is 1. The molecule has 0 unspecified atom stereocenters. The summed E-state index contributed by atoms with van der Waals surface area (Å²) in [4.78, 5) is 26.7. The minimum absolute atomic E-state index is 0.166. The van der Waals surface area contributed by atoms with Crippen molar-refractivity contribution < 1.29 is 9.18 Å². The summed E-state index contributed by atoms with van der Waals surface area (Å²) in [5.74, 6) is -0.560. The number of rotatable bonds is 11. The smallest absolute Gasteiger partial charge is 0.273 e. The summed E-state index contributed by atoms with van der Waals surface area (Å²) in [7, 11) is 0. The molecule has 0 saturated carbocycles. The van der Waals surface area contributed by atoms with E-state index in [1.165, 1.54) is 29.3 Å². The van der Waals surface area contributed by atoms with Crippen LogP contribution in [0.1, 0.15) is 48.0 Å². The summed E-state index contributed by atoms with van der Waals surface area (Å²) in [5.41, 5.74) is 2.12. The molecule has 0 aliphatic carbocycles. The molecule has 0 saturated heterocycles. The number of benzene rings is 2. The van der Waals surface area contributed by atoms with Gasteiger partial charge in [-0.3, -0.25) is 4.79 Å². The summed E-state index contributed by atoms with van der Waals surface area (Å²) < 4.78 is 16.5. The molecule has 226 valence electrons. The van der Waals surface area contributed by atoms with E-state index in [2.05, 4.69) is 75.9 Å². The predicted molar refractivity (Wildman–Crippen MR) is 176 cm³/mol. The van der Waals surface area contributed by atoms with Crippen LogP contribution in [-0.4, -0.2) is 39.5 Å². The zero-order valence-corrected chi connectivity index (χ0v) is 26.7. The van der Waals surface area contributed by atoms with Crippen molar-refractivity contribution in [3.63, 3.8) is 0 Å². The normalized spacial score (nSPS) is 11.8. The Labute approximate surface area is 265 Å². The number of halogens is 1. The molecule has 1 amide bonds. The molecule has 3 aromatic heterocycles. The number of anilines is 2. The van der Waals surface area contributed by atoms with Crippen molar-refractivity contribution in [3.8, 4) is 0 Å². The zero-order chi connectivity index (χ0) is 31.2. The Balaban J connectivity index is 1.37. The number of thiazole rings is 1. The largest absolute Gasteiger partial charge is 0.349 e. The lowest BCUT2D eigenvalue weighted by molar-refractivity contribution is 0.0935. The summed E-state index contributed by atoms with van der Waals surface area (Å²) in [6, 6.07) is 25.6. The Morgan fingerprint density at radius 2 is 1.55 bits per heavy atom. The van der Waals surface area contributed by atoms with E-state index in [1.807, 2.05) is 55.5 Å². The second-order valence-electron chi connectivity index (χ2n) is 11.5. The highest BCUT2D eigenvalue weighted by molar-refractivity contribution is 8.01. The van der Waals surface area contributed by atoms with E-state index >= 15 is 4.39 Å². The Hall–Kier alpha value is -4.12. The van der Waals surface area contributed by atoms with Crippen LogP contribution in [0.4, 0.5) is 15.3 Å². The molecule has 2 aromatic carbocycles.